The standard InChI is InChI=1S/C11H14N4O3/c1-7(16)6-14(2)11-12-9-4-3-8(15(17)18)5-10(9)13-11/h3-5,7,16H,6H2,1-2H3,(H,12,13). The van der Waals surface area contributed by atoms with Crippen LogP contribution in [0.2, 0.25) is 0 Å². The Bertz CT molecular complexity index is 579. The first kappa shape index (κ1) is 12.3. The number of H-pyrrole nitrogens is 1. The van der Waals surface area contributed by atoms with E-state index in [4.69, 9.17) is 0 Å². The molecule has 0 fully saturated rings. The highest BCUT2D eigenvalue weighted by Gasteiger charge is 2.12. The summed E-state index contributed by atoms with van der Waals surface area (Å²) in [6.45, 7) is 2.12. The van der Waals surface area contributed by atoms with Gasteiger partial charge in [-0.05, 0) is 13.0 Å². The molecule has 0 aliphatic rings. The van der Waals surface area contributed by atoms with Crippen LogP contribution in [0.1, 0.15) is 6.92 Å². The monoisotopic (exact) mass is 250 g/mol. The Morgan fingerprint density at radius 3 is 2.94 bits per heavy atom. The van der Waals surface area contributed by atoms with Crippen molar-refractivity contribution in [3.05, 3.63) is 28.3 Å². The van der Waals surface area contributed by atoms with Gasteiger partial charge in [-0.25, -0.2) is 4.98 Å². The van der Waals surface area contributed by atoms with Crippen LogP contribution in [0.4, 0.5) is 11.6 Å². The fourth-order valence-electron chi connectivity index (χ4n) is 1.76. The van der Waals surface area contributed by atoms with Crippen molar-refractivity contribution in [2.45, 2.75) is 13.0 Å². The number of rotatable bonds is 4. The maximum Gasteiger partial charge on any atom is 0.271 e. The van der Waals surface area contributed by atoms with Gasteiger partial charge in [-0.3, -0.25) is 10.1 Å². The predicted octanol–water partition coefficient (Wildman–Crippen LogP) is 1.29. The maximum absolute atomic E-state index is 10.7. The summed E-state index contributed by atoms with van der Waals surface area (Å²) in [5.41, 5.74) is 1.29. The van der Waals surface area contributed by atoms with E-state index in [1.54, 1.807) is 24.9 Å². The fraction of sp³-hybridized carbons (Fsp3) is 0.364. The topological polar surface area (TPSA) is 95.3 Å². The van der Waals surface area contributed by atoms with Crippen LogP contribution in [0.25, 0.3) is 11.0 Å². The van der Waals surface area contributed by atoms with Crippen molar-refractivity contribution in [1.29, 1.82) is 0 Å². The molecule has 1 unspecified atom stereocenters. The van der Waals surface area contributed by atoms with Crippen molar-refractivity contribution < 1.29 is 10.0 Å². The molecule has 0 aliphatic heterocycles. The molecule has 1 aromatic heterocycles. The molecule has 0 amide bonds. The number of likely N-dealkylation sites (N-methyl/N-ethyl adjacent to an activating group) is 1. The van der Waals surface area contributed by atoms with Crippen LogP contribution in [-0.2, 0) is 0 Å². The maximum atomic E-state index is 10.7. The molecule has 1 heterocycles. The third-order valence-electron chi connectivity index (χ3n) is 2.56. The van der Waals surface area contributed by atoms with Crippen LogP contribution >= 0.6 is 0 Å². The van der Waals surface area contributed by atoms with Gasteiger partial charge >= 0.3 is 0 Å². The van der Waals surface area contributed by atoms with Crippen LogP contribution in [-0.4, -0.2) is 39.7 Å². The number of aromatic amines is 1. The number of aromatic nitrogens is 2. The Morgan fingerprint density at radius 1 is 1.61 bits per heavy atom. The molecule has 18 heavy (non-hydrogen) atoms. The minimum Gasteiger partial charge on any atom is -0.392 e. The molecule has 1 atom stereocenters. The number of hydrogen-bond acceptors (Lipinski definition) is 5. The first-order valence-electron chi connectivity index (χ1n) is 5.50. The van der Waals surface area contributed by atoms with Gasteiger partial charge in [0.15, 0.2) is 0 Å². The fourth-order valence-corrected chi connectivity index (χ4v) is 1.76. The van der Waals surface area contributed by atoms with E-state index in [1.165, 1.54) is 12.1 Å². The number of non-ortho nitro benzene ring substituents is 1. The molecule has 0 saturated heterocycles. The van der Waals surface area contributed by atoms with Crippen LogP contribution < -0.4 is 4.90 Å². The number of nitro benzene ring substituents is 1. The van der Waals surface area contributed by atoms with Gasteiger partial charge < -0.3 is 15.0 Å². The van der Waals surface area contributed by atoms with E-state index in [9.17, 15) is 15.2 Å². The zero-order valence-electron chi connectivity index (χ0n) is 10.1. The van der Waals surface area contributed by atoms with Gasteiger partial charge in [0.05, 0.1) is 22.1 Å². The second kappa shape index (κ2) is 4.61. The summed E-state index contributed by atoms with van der Waals surface area (Å²) in [7, 11) is 1.79. The lowest BCUT2D eigenvalue weighted by Crippen LogP contribution is -2.27. The number of nitrogens with one attached hydrogen (secondary N) is 1. The molecule has 0 radical (unpaired) electrons. The second-order valence-corrected chi connectivity index (χ2v) is 4.25. The van der Waals surface area contributed by atoms with E-state index >= 15 is 0 Å². The number of imidazole rings is 1. The molecular formula is C11H14N4O3. The Kier molecular flexibility index (Phi) is 3.15. The highest BCUT2D eigenvalue weighted by molar-refractivity contribution is 5.80. The average molecular weight is 250 g/mol. The third-order valence-corrected chi connectivity index (χ3v) is 2.56. The number of hydrogen-bond donors (Lipinski definition) is 2. The lowest BCUT2D eigenvalue weighted by molar-refractivity contribution is -0.384. The highest BCUT2D eigenvalue weighted by atomic mass is 16.6. The molecule has 2 rings (SSSR count). The van der Waals surface area contributed by atoms with E-state index in [1.807, 2.05) is 0 Å². The third kappa shape index (κ3) is 2.40. The smallest absolute Gasteiger partial charge is 0.271 e. The second-order valence-electron chi connectivity index (χ2n) is 4.25. The molecule has 96 valence electrons. The Labute approximate surface area is 103 Å². The van der Waals surface area contributed by atoms with Gasteiger partial charge in [0.1, 0.15) is 0 Å². The van der Waals surface area contributed by atoms with Crippen LogP contribution in [0.15, 0.2) is 18.2 Å². The molecule has 0 spiro atoms. The molecule has 0 saturated carbocycles. The van der Waals surface area contributed by atoms with E-state index in [-0.39, 0.29) is 5.69 Å². The Morgan fingerprint density at radius 2 is 2.33 bits per heavy atom. The van der Waals surface area contributed by atoms with Crippen molar-refractivity contribution in [3.8, 4) is 0 Å². The summed E-state index contributed by atoms with van der Waals surface area (Å²) in [6.07, 6.45) is -0.474. The number of nitro groups is 1. The SMILES string of the molecule is CC(O)CN(C)c1nc2ccc([N+](=O)[O-])cc2[nH]1. The number of anilines is 1. The lowest BCUT2D eigenvalue weighted by atomic mass is 10.3. The first-order chi connectivity index (χ1) is 8.47. The van der Waals surface area contributed by atoms with Gasteiger partial charge in [0.2, 0.25) is 5.95 Å². The Balaban J connectivity index is 2.35. The van der Waals surface area contributed by atoms with Crippen molar-refractivity contribution in [2.24, 2.45) is 0 Å². The zero-order valence-corrected chi connectivity index (χ0v) is 10.1. The first-order valence-corrected chi connectivity index (χ1v) is 5.50. The van der Waals surface area contributed by atoms with Gasteiger partial charge in [-0.2, -0.15) is 0 Å². The minimum atomic E-state index is -0.474. The summed E-state index contributed by atoms with van der Waals surface area (Å²) < 4.78 is 0. The molecule has 7 heteroatoms. The lowest BCUT2D eigenvalue weighted by Gasteiger charge is -2.17. The summed E-state index contributed by atoms with van der Waals surface area (Å²) in [4.78, 5) is 19.3. The van der Waals surface area contributed by atoms with Crippen molar-refractivity contribution >= 4 is 22.7 Å². The number of benzene rings is 1. The zero-order chi connectivity index (χ0) is 13.3. The summed E-state index contributed by atoms with van der Waals surface area (Å²) >= 11 is 0. The Hall–Kier alpha value is -2.15. The highest BCUT2D eigenvalue weighted by Crippen LogP contribution is 2.21. The van der Waals surface area contributed by atoms with E-state index in [0.717, 1.165) is 0 Å². The van der Waals surface area contributed by atoms with Crippen molar-refractivity contribution in [2.75, 3.05) is 18.5 Å². The predicted molar refractivity (Wildman–Crippen MR) is 67.7 cm³/mol. The molecule has 0 aliphatic carbocycles. The normalized spacial score (nSPS) is 12.6. The molecular weight excluding hydrogens is 236 g/mol. The van der Waals surface area contributed by atoms with Crippen molar-refractivity contribution in [3.63, 3.8) is 0 Å². The van der Waals surface area contributed by atoms with Crippen LogP contribution in [0.5, 0.6) is 0 Å². The van der Waals surface area contributed by atoms with E-state index < -0.39 is 11.0 Å². The van der Waals surface area contributed by atoms with E-state index in [2.05, 4.69) is 9.97 Å². The van der Waals surface area contributed by atoms with Gasteiger partial charge in [0.25, 0.3) is 5.69 Å². The largest absolute Gasteiger partial charge is 0.392 e. The summed E-state index contributed by atoms with van der Waals surface area (Å²) in [5, 5.41) is 20.0. The molecule has 1 aromatic carbocycles. The van der Waals surface area contributed by atoms with Crippen molar-refractivity contribution in [1.82, 2.24) is 9.97 Å². The quantitative estimate of drug-likeness (QED) is 0.629. The number of nitrogens with zero attached hydrogens (tertiary/aromatic N) is 3. The number of fused-ring (bicyclic) bond motifs is 1. The minimum absolute atomic E-state index is 0.0240. The molecule has 2 aromatic rings. The average Bonchev–Trinajstić information content (AvgIpc) is 2.70. The summed E-state index contributed by atoms with van der Waals surface area (Å²) in [6, 6.07) is 4.47. The van der Waals surface area contributed by atoms with Gasteiger partial charge in [0, 0.05) is 25.7 Å². The summed E-state index contributed by atoms with van der Waals surface area (Å²) in [5.74, 6) is 0.575. The van der Waals surface area contributed by atoms with Gasteiger partial charge in [-0.1, -0.05) is 0 Å². The van der Waals surface area contributed by atoms with Gasteiger partial charge in [-0.15, -0.1) is 0 Å². The molecule has 0 bridgehead atoms. The molecule has 2 N–H and O–H groups in total. The van der Waals surface area contributed by atoms with Crippen LogP contribution in [0, 0.1) is 10.1 Å². The number of aliphatic hydroxyl groups excluding tert-OH is 1. The number of aliphatic hydroxyl groups is 1. The molecule has 7 nitrogen and oxygen atoms in total. The van der Waals surface area contributed by atoms with E-state index in [0.29, 0.717) is 23.5 Å². The van der Waals surface area contributed by atoms with Crippen LogP contribution in [0.3, 0.4) is 0 Å².